The summed E-state index contributed by atoms with van der Waals surface area (Å²) in [5.41, 5.74) is 1.14. The molecule has 0 atom stereocenters. The van der Waals surface area contributed by atoms with Crippen LogP contribution < -0.4 is 0 Å². The van der Waals surface area contributed by atoms with Crippen molar-refractivity contribution in [2.24, 2.45) is 0 Å². The summed E-state index contributed by atoms with van der Waals surface area (Å²) >= 11 is 0. The fourth-order valence-electron chi connectivity index (χ4n) is 0.448. The molecule has 0 aromatic heterocycles. The van der Waals surface area contributed by atoms with Crippen LogP contribution in [0.4, 0.5) is 0 Å². The van der Waals surface area contributed by atoms with E-state index in [1.165, 1.54) is 0 Å². The molecule has 0 aromatic rings. The van der Waals surface area contributed by atoms with Crippen molar-refractivity contribution in [2.45, 2.75) is 19.8 Å². The molecule has 1 heteroatoms. The third-order valence-electron chi connectivity index (χ3n) is 1.04. The van der Waals surface area contributed by atoms with Crippen LogP contribution in [0.15, 0.2) is 24.3 Å². The maximum absolute atomic E-state index is 8.15. The molecule has 0 radical (unpaired) electrons. The van der Waals surface area contributed by atoms with Crippen LogP contribution in [0, 0.1) is 11.3 Å². The summed E-state index contributed by atoms with van der Waals surface area (Å²) in [4.78, 5) is 0. The predicted octanol–water partition coefficient (Wildman–Crippen LogP) is 2.42. The van der Waals surface area contributed by atoms with Gasteiger partial charge in [-0.1, -0.05) is 24.3 Å². The molecule has 0 saturated heterocycles. The fraction of sp³-hybridized carbons (Fsp3) is 0.375. The van der Waals surface area contributed by atoms with Gasteiger partial charge in [-0.05, 0) is 13.3 Å². The number of rotatable bonds is 3. The lowest BCUT2D eigenvalue weighted by Gasteiger charge is -1.86. The van der Waals surface area contributed by atoms with Crippen LogP contribution in [0.3, 0.4) is 0 Å². The zero-order chi connectivity index (χ0) is 7.11. The molecule has 0 unspecified atom stereocenters. The van der Waals surface area contributed by atoms with Crippen molar-refractivity contribution < 1.29 is 0 Å². The lowest BCUT2D eigenvalue weighted by Crippen LogP contribution is -1.68. The van der Waals surface area contributed by atoms with E-state index in [4.69, 9.17) is 5.26 Å². The van der Waals surface area contributed by atoms with E-state index >= 15 is 0 Å². The first-order valence-electron chi connectivity index (χ1n) is 2.97. The van der Waals surface area contributed by atoms with Gasteiger partial charge in [0.1, 0.15) is 0 Å². The van der Waals surface area contributed by atoms with Gasteiger partial charge in [0.05, 0.1) is 6.07 Å². The highest BCUT2D eigenvalue weighted by molar-refractivity contribution is 5.12. The Hall–Kier alpha value is -1.03. The summed E-state index contributed by atoms with van der Waals surface area (Å²) in [6, 6.07) is 2.07. The molecule has 0 spiro atoms. The lowest BCUT2D eigenvalue weighted by molar-refractivity contribution is 1.05. The van der Waals surface area contributed by atoms with E-state index in [9.17, 15) is 0 Å². The van der Waals surface area contributed by atoms with Crippen LogP contribution in [0.2, 0.25) is 0 Å². The minimum atomic E-state index is 0.602. The van der Waals surface area contributed by atoms with Gasteiger partial charge in [0.25, 0.3) is 0 Å². The van der Waals surface area contributed by atoms with Crippen molar-refractivity contribution in [3.8, 4) is 6.07 Å². The summed E-state index contributed by atoms with van der Waals surface area (Å²) < 4.78 is 0. The van der Waals surface area contributed by atoms with Gasteiger partial charge >= 0.3 is 0 Å². The van der Waals surface area contributed by atoms with Crippen LogP contribution in [0.1, 0.15) is 19.8 Å². The van der Waals surface area contributed by atoms with Gasteiger partial charge in [0.2, 0.25) is 0 Å². The van der Waals surface area contributed by atoms with E-state index in [1.807, 2.05) is 13.0 Å². The van der Waals surface area contributed by atoms with Crippen LogP contribution >= 0.6 is 0 Å². The summed E-state index contributed by atoms with van der Waals surface area (Å²) in [7, 11) is 0. The molecular weight excluding hydrogens is 110 g/mol. The van der Waals surface area contributed by atoms with Crippen molar-refractivity contribution in [3.63, 3.8) is 0 Å². The average molecular weight is 121 g/mol. The Morgan fingerprint density at radius 3 is 2.89 bits per heavy atom. The topological polar surface area (TPSA) is 23.8 Å². The molecule has 0 aliphatic carbocycles. The third kappa shape index (κ3) is 4.83. The maximum atomic E-state index is 8.15. The monoisotopic (exact) mass is 121 g/mol. The van der Waals surface area contributed by atoms with E-state index in [-0.39, 0.29) is 0 Å². The lowest BCUT2D eigenvalue weighted by atomic mass is 10.2. The van der Waals surface area contributed by atoms with Gasteiger partial charge < -0.3 is 0 Å². The second-order valence-corrected chi connectivity index (χ2v) is 1.85. The van der Waals surface area contributed by atoms with E-state index in [2.05, 4.69) is 12.6 Å². The number of hydrogen-bond donors (Lipinski definition) is 0. The molecule has 0 fully saturated rings. The highest BCUT2D eigenvalue weighted by atomic mass is 14.2. The highest BCUT2D eigenvalue weighted by Crippen LogP contribution is 1.97. The zero-order valence-corrected chi connectivity index (χ0v) is 5.72. The average Bonchev–Trinajstić information content (AvgIpc) is 1.89. The Balaban J connectivity index is 3.46. The van der Waals surface area contributed by atoms with Crippen molar-refractivity contribution in [2.75, 3.05) is 0 Å². The van der Waals surface area contributed by atoms with Crippen molar-refractivity contribution in [3.05, 3.63) is 24.3 Å². The quantitative estimate of drug-likeness (QED) is 0.415. The Morgan fingerprint density at radius 1 is 1.78 bits per heavy atom. The van der Waals surface area contributed by atoms with Crippen LogP contribution in [0.25, 0.3) is 0 Å². The Morgan fingerprint density at radius 2 is 2.44 bits per heavy atom. The van der Waals surface area contributed by atoms with Crippen molar-refractivity contribution in [1.29, 1.82) is 5.26 Å². The molecule has 48 valence electrons. The predicted molar refractivity (Wildman–Crippen MR) is 38.8 cm³/mol. The second-order valence-electron chi connectivity index (χ2n) is 1.85. The van der Waals surface area contributed by atoms with Gasteiger partial charge in [-0.3, -0.25) is 0 Å². The first kappa shape index (κ1) is 7.97. The van der Waals surface area contributed by atoms with Gasteiger partial charge in [0, 0.05) is 6.42 Å². The molecule has 0 aliphatic rings. The van der Waals surface area contributed by atoms with Crippen LogP contribution in [-0.4, -0.2) is 0 Å². The molecule has 9 heavy (non-hydrogen) atoms. The molecule has 0 aliphatic heterocycles. The summed E-state index contributed by atoms with van der Waals surface area (Å²) in [6.45, 7) is 5.56. The first-order valence-corrected chi connectivity index (χ1v) is 2.97. The fourth-order valence-corrected chi connectivity index (χ4v) is 0.448. The third-order valence-corrected chi connectivity index (χ3v) is 1.04. The van der Waals surface area contributed by atoms with Gasteiger partial charge in [0.15, 0.2) is 0 Å². The Bertz CT molecular complexity index is 148. The van der Waals surface area contributed by atoms with E-state index in [0.717, 1.165) is 12.0 Å². The van der Waals surface area contributed by atoms with Gasteiger partial charge in [-0.15, -0.1) is 0 Å². The molecule has 0 bridgehead atoms. The number of unbranched alkanes of at least 4 members (excludes halogenated alkanes) is 1. The summed E-state index contributed by atoms with van der Waals surface area (Å²) in [5, 5.41) is 8.15. The Kier molecular flexibility index (Phi) is 4.53. The van der Waals surface area contributed by atoms with Crippen molar-refractivity contribution in [1.82, 2.24) is 0 Å². The molecule has 0 aromatic carbocycles. The Labute approximate surface area is 56.3 Å². The minimum absolute atomic E-state index is 0.602. The smallest absolute Gasteiger partial charge is 0.0625 e. The van der Waals surface area contributed by atoms with Crippen LogP contribution in [0.5, 0.6) is 0 Å². The normalized spacial score (nSPS) is 10.4. The van der Waals surface area contributed by atoms with E-state index < -0.39 is 0 Å². The van der Waals surface area contributed by atoms with Gasteiger partial charge in [-0.2, -0.15) is 5.26 Å². The maximum Gasteiger partial charge on any atom is 0.0625 e. The molecule has 0 heterocycles. The van der Waals surface area contributed by atoms with Gasteiger partial charge in [-0.25, -0.2) is 0 Å². The molecular formula is C8H11N. The van der Waals surface area contributed by atoms with E-state index in [1.54, 1.807) is 6.08 Å². The zero-order valence-electron chi connectivity index (χ0n) is 5.72. The second kappa shape index (κ2) is 5.11. The summed E-state index contributed by atoms with van der Waals surface area (Å²) in [5.74, 6) is 0. The number of nitrogens with zero attached hydrogens (tertiary/aromatic N) is 1. The van der Waals surface area contributed by atoms with Crippen molar-refractivity contribution >= 4 is 0 Å². The highest BCUT2D eigenvalue weighted by Gasteiger charge is 1.79. The molecule has 0 amide bonds. The standard InChI is InChI=1S/C8H11N/c1-3-8(2)6-4-5-7-9/h3,6H,1,4-5H2,2H3/b8-6+. The SMILES string of the molecule is C=C/C(C)=C/CCC#N. The molecule has 0 N–H and O–H groups in total. The molecule has 1 nitrogen and oxygen atoms in total. The first-order chi connectivity index (χ1) is 4.31. The largest absolute Gasteiger partial charge is 0.198 e. The van der Waals surface area contributed by atoms with E-state index in [0.29, 0.717) is 6.42 Å². The number of hydrogen-bond acceptors (Lipinski definition) is 1. The minimum Gasteiger partial charge on any atom is -0.198 e. The summed E-state index contributed by atoms with van der Waals surface area (Å²) in [6.07, 6.45) is 5.24. The van der Waals surface area contributed by atoms with Crippen LogP contribution in [-0.2, 0) is 0 Å². The number of nitriles is 1. The number of allylic oxidation sites excluding steroid dienone is 3. The molecule has 0 rings (SSSR count). The molecule has 0 saturated carbocycles.